The minimum Gasteiger partial charge on any atom is -0.483 e. The monoisotopic (exact) mass is 438 g/mol. The van der Waals surface area contributed by atoms with E-state index in [0.29, 0.717) is 0 Å². The zero-order chi connectivity index (χ0) is 21.6. The molecule has 0 aliphatic heterocycles. The van der Waals surface area contributed by atoms with Gasteiger partial charge in [-0.05, 0) is 48.2 Å². The van der Waals surface area contributed by atoms with E-state index in [4.69, 9.17) is 16.3 Å². The Morgan fingerprint density at radius 1 is 1.07 bits per heavy atom. The number of alkyl halides is 6. The zero-order valence-corrected chi connectivity index (χ0v) is 15.3. The second kappa shape index (κ2) is 7.12. The van der Waals surface area contributed by atoms with E-state index in [0.717, 1.165) is 30.3 Å². The molecule has 1 aliphatic rings. The summed E-state index contributed by atoms with van der Waals surface area (Å²) in [7, 11) is 0. The summed E-state index contributed by atoms with van der Waals surface area (Å²) in [6.45, 7) is -1.65. The van der Waals surface area contributed by atoms with Crippen LogP contribution in [0.25, 0.3) is 11.1 Å². The summed E-state index contributed by atoms with van der Waals surface area (Å²) in [4.78, 5) is 11.6. The van der Waals surface area contributed by atoms with E-state index in [1.807, 2.05) is 0 Å². The lowest BCUT2D eigenvalue weighted by atomic mass is 9.92. The number of carboxylic acids is 1. The summed E-state index contributed by atoms with van der Waals surface area (Å²) in [5.41, 5.74) is -1.74. The van der Waals surface area contributed by atoms with E-state index in [9.17, 15) is 36.2 Å². The minimum atomic E-state index is -4.65. The van der Waals surface area contributed by atoms with Gasteiger partial charge < -0.3 is 9.84 Å². The van der Waals surface area contributed by atoms with Crippen LogP contribution in [0.2, 0.25) is 5.02 Å². The Kier molecular flexibility index (Phi) is 5.23. The van der Waals surface area contributed by atoms with Crippen LogP contribution in [0.5, 0.6) is 5.75 Å². The molecule has 0 radical (unpaired) electrons. The molecule has 2 aromatic rings. The topological polar surface area (TPSA) is 46.5 Å². The second-order valence-electron chi connectivity index (χ2n) is 6.70. The number of hydrogen-bond acceptors (Lipinski definition) is 2. The fraction of sp³-hybridized carbons (Fsp3) is 0.316. The molecule has 29 heavy (non-hydrogen) atoms. The van der Waals surface area contributed by atoms with Gasteiger partial charge >= 0.3 is 18.3 Å². The molecule has 0 saturated heterocycles. The fourth-order valence-electron chi connectivity index (χ4n) is 2.94. The van der Waals surface area contributed by atoms with E-state index < -0.39 is 35.9 Å². The summed E-state index contributed by atoms with van der Waals surface area (Å²) in [6.07, 6.45) is -8.67. The van der Waals surface area contributed by atoms with Gasteiger partial charge in [-0.1, -0.05) is 23.7 Å². The maximum absolute atomic E-state index is 12.8. The van der Waals surface area contributed by atoms with Gasteiger partial charge in [0.05, 0.1) is 16.0 Å². The van der Waals surface area contributed by atoms with Crippen molar-refractivity contribution in [2.75, 3.05) is 6.61 Å². The molecule has 0 aromatic heterocycles. The average molecular weight is 439 g/mol. The third-order valence-corrected chi connectivity index (χ3v) is 5.06. The van der Waals surface area contributed by atoms with Crippen molar-refractivity contribution in [1.82, 2.24) is 0 Å². The molecule has 1 aliphatic carbocycles. The van der Waals surface area contributed by atoms with Gasteiger partial charge in [-0.25, -0.2) is 0 Å². The third-order valence-electron chi connectivity index (χ3n) is 4.67. The van der Waals surface area contributed by atoms with Crippen LogP contribution in [0.15, 0.2) is 36.4 Å². The van der Waals surface area contributed by atoms with E-state index in [2.05, 4.69) is 0 Å². The van der Waals surface area contributed by atoms with Gasteiger partial charge in [0.2, 0.25) is 0 Å². The number of carboxylic acid groups (broad SMARTS) is 1. The van der Waals surface area contributed by atoms with Gasteiger partial charge in [-0.3, -0.25) is 4.79 Å². The van der Waals surface area contributed by atoms with Gasteiger partial charge in [-0.15, -0.1) is 0 Å². The molecule has 10 heteroatoms. The highest BCUT2D eigenvalue weighted by molar-refractivity contribution is 6.34. The van der Waals surface area contributed by atoms with Crippen molar-refractivity contribution < 1.29 is 41.0 Å². The molecule has 0 spiro atoms. The molecule has 3 rings (SSSR count). The Hall–Kier alpha value is -2.42. The number of ether oxygens (including phenoxy) is 1. The second-order valence-corrected chi connectivity index (χ2v) is 7.08. The van der Waals surface area contributed by atoms with Crippen LogP contribution in [0.3, 0.4) is 0 Å². The maximum atomic E-state index is 12.8. The molecule has 0 atom stereocenters. The Bertz CT molecular complexity index is 931. The highest BCUT2D eigenvalue weighted by Crippen LogP contribution is 2.51. The van der Waals surface area contributed by atoms with Crippen LogP contribution in [0.1, 0.15) is 24.0 Å². The van der Waals surface area contributed by atoms with Gasteiger partial charge in [-0.2, -0.15) is 26.3 Å². The number of carbonyl (C=O) groups is 1. The third kappa shape index (κ3) is 4.44. The number of hydrogen-bond donors (Lipinski definition) is 1. The Labute approximate surface area is 165 Å². The maximum Gasteiger partial charge on any atom is 0.422 e. The largest absolute Gasteiger partial charge is 0.483 e. The number of aliphatic carboxylic acids is 1. The van der Waals surface area contributed by atoms with E-state index in [-0.39, 0.29) is 40.3 Å². The lowest BCUT2D eigenvalue weighted by Crippen LogP contribution is -2.21. The molecule has 0 heterocycles. The smallest absolute Gasteiger partial charge is 0.422 e. The highest BCUT2D eigenvalue weighted by Gasteiger charge is 2.52. The summed E-state index contributed by atoms with van der Waals surface area (Å²) in [5.74, 6) is -1.54. The van der Waals surface area contributed by atoms with Crippen LogP contribution in [0.4, 0.5) is 26.3 Å². The standard InChI is InChI=1S/C19H13ClF6O3/c20-15-13(10-1-3-11(4-2-10)19(24,25)26)7-12(17(5-6-17)16(27)28)8-14(15)29-9-18(21,22)23/h1-4,7-8H,5-6,9H2,(H,27,28). The predicted molar refractivity (Wildman–Crippen MR) is 92.0 cm³/mol. The van der Waals surface area contributed by atoms with Gasteiger partial charge in [0.25, 0.3) is 0 Å². The summed E-state index contributed by atoms with van der Waals surface area (Å²) in [5, 5.41) is 9.23. The van der Waals surface area contributed by atoms with Crippen LogP contribution < -0.4 is 4.74 Å². The molecule has 156 valence electrons. The molecule has 2 aromatic carbocycles. The van der Waals surface area contributed by atoms with Gasteiger partial charge in [0.15, 0.2) is 6.61 Å². The minimum absolute atomic E-state index is 0.0857. The molecule has 3 nitrogen and oxygen atoms in total. The van der Waals surface area contributed by atoms with Crippen molar-refractivity contribution in [2.24, 2.45) is 0 Å². The van der Waals surface area contributed by atoms with Crippen molar-refractivity contribution in [1.29, 1.82) is 0 Å². The zero-order valence-electron chi connectivity index (χ0n) is 14.5. The molecule has 0 amide bonds. The molecule has 1 N–H and O–H groups in total. The van der Waals surface area contributed by atoms with Crippen molar-refractivity contribution in [3.8, 4) is 16.9 Å². The Morgan fingerprint density at radius 2 is 1.66 bits per heavy atom. The van der Waals surface area contributed by atoms with Crippen molar-refractivity contribution in [2.45, 2.75) is 30.6 Å². The lowest BCUT2D eigenvalue weighted by Gasteiger charge is -2.18. The van der Waals surface area contributed by atoms with Crippen LogP contribution in [-0.4, -0.2) is 23.9 Å². The number of benzene rings is 2. The number of rotatable bonds is 5. The Morgan fingerprint density at radius 3 is 2.10 bits per heavy atom. The first-order valence-electron chi connectivity index (χ1n) is 8.28. The summed E-state index contributed by atoms with van der Waals surface area (Å²) >= 11 is 6.16. The van der Waals surface area contributed by atoms with Crippen LogP contribution >= 0.6 is 11.6 Å². The average Bonchev–Trinajstić information content (AvgIpc) is 3.41. The first kappa shape index (κ1) is 21.3. The quantitative estimate of drug-likeness (QED) is 0.575. The highest BCUT2D eigenvalue weighted by atomic mass is 35.5. The number of halogens is 7. The fourth-order valence-corrected chi connectivity index (χ4v) is 3.21. The molecule has 1 fully saturated rings. The van der Waals surface area contributed by atoms with E-state index in [1.165, 1.54) is 6.07 Å². The normalized spacial score (nSPS) is 15.8. The molecule has 0 bridgehead atoms. The van der Waals surface area contributed by atoms with Crippen LogP contribution in [0, 0.1) is 0 Å². The molecule has 0 unspecified atom stereocenters. The molecular formula is C19H13ClF6O3. The van der Waals surface area contributed by atoms with Crippen molar-refractivity contribution in [3.05, 3.63) is 52.5 Å². The van der Waals surface area contributed by atoms with Crippen molar-refractivity contribution >= 4 is 17.6 Å². The van der Waals surface area contributed by atoms with Crippen molar-refractivity contribution in [3.63, 3.8) is 0 Å². The van der Waals surface area contributed by atoms with Gasteiger partial charge in [0, 0.05) is 5.56 Å². The first-order chi connectivity index (χ1) is 13.3. The predicted octanol–water partition coefficient (Wildman–Crippen LogP) is 6.08. The van der Waals surface area contributed by atoms with Gasteiger partial charge in [0.1, 0.15) is 5.75 Å². The van der Waals surface area contributed by atoms with Crippen LogP contribution in [-0.2, 0) is 16.4 Å². The summed E-state index contributed by atoms with van der Waals surface area (Å²) in [6, 6.07) is 6.34. The Balaban J connectivity index is 2.09. The SMILES string of the molecule is O=C(O)C1(c2cc(OCC(F)(F)F)c(Cl)c(-c3ccc(C(F)(F)F)cc3)c2)CC1. The lowest BCUT2D eigenvalue weighted by molar-refractivity contribution is -0.153. The van der Waals surface area contributed by atoms with E-state index in [1.54, 1.807) is 0 Å². The van der Waals surface area contributed by atoms with E-state index >= 15 is 0 Å². The molecular weight excluding hydrogens is 426 g/mol. The first-order valence-corrected chi connectivity index (χ1v) is 8.66. The molecule has 1 saturated carbocycles. The summed E-state index contributed by atoms with van der Waals surface area (Å²) < 4.78 is 80.8.